The summed E-state index contributed by atoms with van der Waals surface area (Å²) >= 11 is 10.9. The zero-order chi connectivity index (χ0) is 19.9. The third-order valence-corrected chi connectivity index (χ3v) is 6.99. The predicted octanol–water partition coefficient (Wildman–Crippen LogP) is 2.57. The molecule has 156 valence electrons. The molecule has 0 spiro atoms. The Hall–Kier alpha value is -1.28. The second-order valence-corrected chi connectivity index (χ2v) is 9.01. The van der Waals surface area contributed by atoms with Crippen LogP contribution in [-0.4, -0.2) is 58.0 Å². The van der Waals surface area contributed by atoms with E-state index in [1.54, 1.807) is 0 Å². The Labute approximate surface area is 178 Å². The molecule has 0 aromatic carbocycles. The van der Waals surface area contributed by atoms with Crippen molar-refractivity contribution in [3.05, 3.63) is 0 Å². The van der Waals surface area contributed by atoms with Crippen molar-refractivity contribution < 1.29 is 9.59 Å². The summed E-state index contributed by atoms with van der Waals surface area (Å²) in [6.45, 7) is 2.79. The summed E-state index contributed by atoms with van der Waals surface area (Å²) in [5.41, 5.74) is 0. The van der Waals surface area contributed by atoms with Gasteiger partial charge in [-0.05, 0) is 50.1 Å². The molecular formula is C20H32N4O2S2. The third kappa shape index (κ3) is 5.86. The van der Waals surface area contributed by atoms with Crippen LogP contribution in [0.25, 0.3) is 0 Å². The monoisotopic (exact) mass is 424 g/mol. The van der Waals surface area contributed by atoms with Crippen LogP contribution in [0.5, 0.6) is 0 Å². The van der Waals surface area contributed by atoms with Gasteiger partial charge in [0.1, 0.15) is 0 Å². The molecule has 1 saturated heterocycles. The summed E-state index contributed by atoms with van der Waals surface area (Å²) in [6.07, 6.45) is 10.9. The van der Waals surface area contributed by atoms with Crippen molar-refractivity contribution in [2.24, 2.45) is 11.8 Å². The highest BCUT2D eigenvalue weighted by atomic mass is 32.1. The average molecular weight is 425 g/mol. The first-order chi connectivity index (χ1) is 13.5. The van der Waals surface area contributed by atoms with Gasteiger partial charge in [-0.1, -0.05) is 38.5 Å². The van der Waals surface area contributed by atoms with E-state index in [0.29, 0.717) is 36.4 Å². The predicted molar refractivity (Wildman–Crippen MR) is 118 cm³/mol. The SMILES string of the molecule is O=C(NC(=S)N1CCN(C(=S)NC(=O)C2CCCCC2)CC1)C1CCCCC1. The summed E-state index contributed by atoms with van der Waals surface area (Å²) in [4.78, 5) is 28.8. The smallest absolute Gasteiger partial charge is 0.229 e. The molecule has 0 aromatic heterocycles. The molecule has 28 heavy (non-hydrogen) atoms. The van der Waals surface area contributed by atoms with Gasteiger partial charge in [0.05, 0.1) is 0 Å². The maximum atomic E-state index is 12.4. The molecule has 2 aliphatic carbocycles. The average Bonchev–Trinajstić information content (AvgIpc) is 2.75. The van der Waals surface area contributed by atoms with Crippen molar-refractivity contribution in [3.8, 4) is 0 Å². The largest absolute Gasteiger partial charge is 0.345 e. The minimum Gasteiger partial charge on any atom is -0.345 e. The molecule has 1 aliphatic heterocycles. The van der Waals surface area contributed by atoms with E-state index in [-0.39, 0.29) is 23.7 Å². The van der Waals surface area contributed by atoms with Crippen LogP contribution in [-0.2, 0) is 9.59 Å². The van der Waals surface area contributed by atoms with Crippen molar-refractivity contribution in [2.45, 2.75) is 64.2 Å². The first-order valence-electron chi connectivity index (χ1n) is 10.7. The van der Waals surface area contributed by atoms with Gasteiger partial charge in [0.15, 0.2) is 10.2 Å². The summed E-state index contributed by atoms with van der Waals surface area (Å²) < 4.78 is 0. The highest BCUT2D eigenvalue weighted by Gasteiger charge is 2.27. The normalized spacial score (nSPS) is 21.9. The lowest BCUT2D eigenvalue weighted by Crippen LogP contribution is -2.56. The van der Waals surface area contributed by atoms with Crippen molar-refractivity contribution in [2.75, 3.05) is 26.2 Å². The second-order valence-electron chi connectivity index (χ2n) is 8.23. The number of nitrogens with zero attached hydrogens (tertiary/aromatic N) is 2. The molecule has 3 aliphatic rings. The zero-order valence-corrected chi connectivity index (χ0v) is 18.2. The van der Waals surface area contributed by atoms with Gasteiger partial charge in [-0.3, -0.25) is 9.59 Å². The fourth-order valence-electron chi connectivity index (χ4n) is 4.42. The number of piperazine rings is 1. The molecule has 0 radical (unpaired) electrons. The lowest BCUT2D eigenvalue weighted by atomic mass is 9.89. The van der Waals surface area contributed by atoms with E-state index in [1.807, 2.05) is 9.80 Å². The van der Waals surface area contributed by atoms with E-state index >= 15 is 0 Å². The number of nitrogens with one attached hydrogen (secondary N) is 2. The lowest BCUT2D eigenvalue weighted by molar-refractivity contribution is -0.125. The maximum Gasteiger partial charge on any atom is 0.229 e. The molecule has 2 amide bonds. The van der Waals surface area contributed by atoms with Crippen molar-refractivity contribution >= 4 is 46.5 Å². The van der Waals surface area contributed by atoms with Gasteiger partial charge in [0.25, 0.3) is 0 Å². The molecule has 0 bridgehead atoms. The van der Waals surface area contributed by atoms with Crippen molar-refractivity contribution in [3.63, 3.8) is 0 Å². The van der Waals surface area contributed by atoms with Crippen LogP contribution in [0, 0.1) is 11.8 Å². The van der Waals surface area contributed by atoms with Gasteiger partial charge in [-0.15, -0.1) is 0 Å². The Bertz CT molecular complexity index is 541. The van der Waals surface area contributed by atoms with Gasteiger partial charge >= 0.3 is 0 Å². The van der Waals surface area contributed by atoms with Gasteiger partial charge in [0.2, 0.25) is 11.8 Å². The van der Waals surface area contributed by atoms with Crippen LogP contribution >= 0.6 is 24.4 Å². The number of amides is 2. The maximum absolute atomic E-state index is 12.4. The number of hydrogen-bond donors (Lipinski definition) is 2. The summed E-state index contributed by atoms with van der Waals surface area (Å²) in [5.74, 6) is 0.357. The van der Waals surface area contributed by atoms with Gasteiger partial charge in [-0.2, -0.15) is 0 Å². The van der Waals surface area contributed by atoms with E-state index in [9.17, 15) is 9.59 Å². The molecule has 2 N–H and O–H groups in total. The molecule has 3 rings (SSSR count). The highest BCUT2D eigenvalue weighted by Crippen LogP contribution is 2.24. The molecule has 6 nitrogen and oxygen atoms in total. The van der Waals surface area contributed by atoms with Crippen molar-refractivity contribution in [1.82, 2.24) is 20.4 Å². The minimum atomic E-state index is 0.0717. The Morgan fingerprint density at radius 1 is 0.607 bits per heavy atom. The van der Waals surface area contributed by atoms with Crippen LogP contribution < -0.4 is 10.6 Å². The quantitative estimate of drug-likeness (QED) is 0.665. The number of thiocarbonyl (C=S) groups is 2. The Kier molecular flexibility index (Phi) is 8.02. The molecule has 8 heteroatoms. The van der Waals surface area contributed by atoms with E-state index in [2.05, 4.69) is 10.6 Å². The number of carbonyl (C=O) groups excluding carboxylic acids is 2. The summed E-state index contributed by atoms with van der Waals surface area (Å²) in [6, 6.07) is 0. The molecule has 0 atom stereocenters. The summed E-state index contributed by atoms with van der Waals surface area (Å²) in [7, 11) is 0. The molecule has 3 fully saturated rings. The molecule has 2 saturated carbocycles. The number of carbonyl (C=O) groups is 2. The zero-order valence-electron chi connectivity index (χ0n) is 16.6. The van der Waals surface area contributed by atoms with E-state index < -0.39 is 0 Å². The van der Waals surface area contributed by atoms with E-state index in [4.69, 9.17) is 24.4 Å². The minimum absolute atomic E-state index is 0.0717. The van der Waals surface area contributed by atoms with E-state index in [0.717, 1.165) is 51.4 Å². The Morgan fingerprint density at radius 2 is 0.929 bits per heavy atom. The highest BCUT2D eigenvalue weighted by molar-refractivity contribution is 7.80. The molecule has 0 aromatic rings. The van der Waals surface area contributed by atoms with Crippen molar-refractivity contribution in [1.29, 1.82) is 0 Å². The van der Waals surface area contributed by atoms with Crippen LogP contribution in [0.4, 0.5) is 0 Å². The van der Waals surface area contributed by atoms with Gasteiger partial charge in [0, 0.05) is 38.0 Å². The van der Waals surface area contributed by atoms with Gasteiger partial charge < -0.3 is 20.4 Å². The lowest BCUT2D eigenvalue weighted by Gasteiger charge is -2.37. The Morgan fingerprint density at radius 3 is 1.25 bits per heavy atom. The summed E-state index contributed by atoms with van der Waals surface area (Å²) in [5, 5.41) is 6.91. The fraction of sp³-hybridized carbons (Fsp3) is 0.800. The first kappa shape index (κ1) is 21.4. The second kappa shape index (κ2) is 10.5. The van der Waals surface area contributed by atoms with Crippen LogP contribution in [0.1, 0.15) is 64.2 Å². The Balaban J connectivity index is 1.39. The van der Waals surface area contributed by atoms with Crippen LogP contribution in [0.2, 0.25) is 0 Å². The van der Waals surface area contributed by atoms with Gasteiger partial charge in [-0.25, -0.2) is 0 Å². The topological polar surface area (TPSA) is 64.7 Å². The molecule has 1 heterocycles. The standard InChI is InChI=1S/C20H32N4O2S2/c25-17(15-7-3-1-4-8-15)21-19(27)23-11-13-24(14-12-23)20(28)22-18(26)16-9-5-2-6-10-16/h15-16H,1-14H2,(H,21,25,27)(H,22,26,28). The number of rotatable bonds is 2. The fourth-order valence-corrected chi connectivity index (χ4v) is 4.98. The first-order valence-corrected chi connectivity index (χ1v) is 11.6. The number of hydrogen-bond acceptors (Lipinski definition) is 4. The van der Waals surface area contributed by atoms with Crippen LogP contribution in [0.15, 0.2) is 0 Å². The molecule has 0 unspecified atom stereocenters. The third-order valence-electron chi connectivity index (χ3n) is 6.27. The molecular weight excluding hydrogens is 392 g/mol. The van der Waals surface area contributed by atoms with E-state index in [1.165, 1.54) is 12.8 Å². The van der Waals surface area contributed by atoms with Crippen LogP contribution in [0.3, 0.4) is 0 Å².